The van der Waals surface area contributed by atoms with E-state index in [1.54, 1.807) is 24.3 Å². The van der Waals surface area contributed by atoms with Crippen LogP contribution in [0.3, 0.4) is 0 Å². The van der Waals surface area contributed by atoms with Gasteiger partial charge in [-0.05, 0) is 43.2 Å². The van der Waals surface area contributed by atoms with E-state index in [-0.39, 0.29) is 28.9 Å². The molecule has 0 aliphatic rings. The van der Waals surface area contributed by atoms with Gasteiger partial charge in [-0.2, -0.15) is 0 Å². The molecule has 0 spiro atoms. The van der Waals surface area contributed by atoms with Gasteiger partial charge >= 0.3 is 5.97 Å². The summed E-state index contributed by atoms with van der Waals surface area (Å²) in [6, 6.07) is 12.7. The summed E-state index contributed by atoms with van der Waals surface area (Å²) in [6.45, 7) is 3.60. The lowest BCUT2D eigenvalue weighted by atomic mass is 10.1. The highest BCUT2D eigenvalue weighted by Gasteiger charge is 2.16. The van der Waals surface area contributed by atoms with Crippen LogP contribution in [0.25, 0.3) is 10.9 Å². The molecular weight excluding hydrogens is 390 g/mol. The van der Waals surface area contributed by atoms with Gasteiger partial charge in [-0.15, -0.1) is 0 Å². The SMILES string of the molecule is COC(=O)Cn1c(SCC(=O)Nc2cc(C)ccc2C)nc2ccccc2c1=O. The Balaban J connectivity index is 1.85. The molecule has 1 aromatic heterocycles. The van der Waals surface area contributed by atoms with Crippen LogP contribution < -0.4 is 10.9 Å². The van der Waals surface area contributed by atoms with E-state index in [0.29, 0.717) is 10.9 Å². The number of fused-ring (bicyclic) bond motifs is 1. The highest BCUT2D eigenvalue weighted by Crippen LogP contribution is 2.20. The maximum absolute atomic E-state index is 12.8. The maximum atomic E-state index is 12.8. The largest absolute Gasteiger partial charge is 0.468 e. The van der Waals surface area contributed by atoms with E-state index in [9.17, 15) is 14.4 Å². The summed E-state index contributed by atoms with van der Waals surface area (Å²) in [5, 5.41) is 3.57. The number of rotatable bonds is 6. The molecular formula is C21H21N3O4S. The number of carbonyl (C=O) groups excluding carboxylic acids is 2. The highest BCUT2D eigenvalue weighted by atomic mass is 32.2. The Bertz CT molecular complexity index is 1140. The average Bonchev–Trinajstić information content (AvgIpc) is 2.71. The number of amides is 1. The predicted octanol–water partition coefficient (Wildman–Crippen LogP) is 2.92. The molecule has 0 radical (unpaired) electrons. The van der Waals surface area contributed by atoms with Crippen molar-refractivity contribution in [3.05, 3.63) is 63.9 Å². The molecule has 7 nitrogen and oxygen atoms in total. The van der Waals surface area contributed by atoms with Crippen LogP contribution in [-0.2, 0) is 20.9 Å². The van der Waals surface area contributed by atoms with E-state index < -0.39 is 5.97 Å². The summed E-state index contributed by atoms with van der Waals surface area (Å²) in [5.41, 5.74) is 2.91. The normalized spacial score (nSPS) is 10.7. The second-order valence-electron chi connectivity index (χ2n) is 6.53. The van der Waals surface area contributed by atoms with Gasteiger partial charge in [0, 0.05) is 5.69 Å². The highest BCUT2D eigenvalue weighted by molar-refractivity contribution is 7.99. The number of nitrogens with one attached hydrogen (secondary N) is 1. The Morgan fingerprint density at radius 2 is 1.93 bits per heavy atom. The Morgan fingerprint density at radius 3 is 2.69 bits per heavy atom. The van der Waals surface area contributed by atoms with Gasteiger partial charge in [-0.3, -0.25) is 19.0 Å². The fourth-order valence-electron chi connectivity index (χ4n) is 2.78. The number of nitrogens with zero attached hydrogens (tertiary/aromatic N) is 2. The molecule has 0 aliphatic carbocycles. The zero-order chi connectivity index (χ0) is 21.0. The number of para-hydroxylation sites is 1. The molecule has 0 saturated carbocycles. The quantitative estimate of drug-likeness (QED) is 0.381. The number of ether oxygens (including phenoxy) is 1. The van der Waals surface area contributed by atoms with Gasteiger partial charge in [0.15, 0.2) is 5.16 Å². The van der Waals surface area contributed by atoms with Gasteiger partial charge in [0.2, 0.25) is 5.91 Å². The smallest absolute Gasteiger partial charge is 0.325 e. The van der Waals surface area contributed by atoms with E-state index >= 15 is 0 Å². The Hall–Kier alpha value is -3.13. The van der Waals surface area contributed by atoms with Crippen LogP contribution in [0.5, 0.6) is 0 Å². The number of aromatic nitrogens is 2. The van der Waals surface area contributed by atoms with Crippen LogP contribution in [0.1, 0.15) is 11.1 Å². The minimum absolute atomic E-state index is 0.0410. The molecule has 2 aromatic carbocycles. The Morgan fingerprint density at radius 1 is 1.17 bits per heavy atom. The average molecular weight is 411 g/mol. The fraction of sp³-hybridized carbons (Fsp3) is 0.238. The van der Waals surface area contributed by atoms with Crippen molar-refractivity contribution in [2.24, 2.45) is 0 Å². The summed E-state index contributed by atoms with van der Waals surface area (Å²) in [7, 11) is 1.26. The first-order valence-electron chi connectivity index (χ1n) is 8.95. The number of anilines is 1. The van der Waals surface area contributed by atoms with Crippen LogP contribution in [0.4, 0.5) is 5.69 Å². The standard InChI is InChI=1S/C21H21N3O4S/c1-13-8-9-14(2)17(10-13)22-18(25)12-29-21-23-16-7-5-4-6-15(16)20(27)24(21)11-19(26)28-3/h4-10H,11-12H2,1-3H3,(H,22,25). The molecule has 0 atom stereocenters. The molecule has 8 heteroatoms. The van der Waals surface area contributed by atoms with Gasteiger partial charge < -0.3 is 10.1 Å². The zero-order valence-electron chi connectivity index (χ0n) is 16.4. The molecule has 150 valence electrons. The molecule has 0 bridgehead atoms. The van der Waals surface area contributed by atoms with Crippen molar-refractivity contribution in [2.45, 2.75) is 25.5 Å². The number of carbonyl (C=O) groups is 2. The first-order valence-corrected chi connectivity index (χ1v) is 9.94. The molecule has 3 aromatic rings. The van der Waals surface area contributed by atoms with Gasteiger partial charge in [0.05, 0.1) is 23.8 Å². The molecule has 1 amide bonds. The van der Waals surface area contributed by atoms with Crippen LogP contribution >= 0.6 is 11.8 Å². The third kappa shape index (κ3) is 4.83. The Kier molecular flexibility index (Phi) is 6.33. The zero-order valence-corrected chi connectivity index (χ0v) is 17.2. The lowest BCUT2D eigenvalue weighted by Gasteiger charge is -2.13. The van der Waals surface area contributed by atoms with Crippen molar-refractivity contribution in [1.29, 1.82) is 0 Å². The molecule has 29 heavy (non-hydrogen) atoms. The summed E-state index contributed by atoms with van der Waals surface area (Å²) in [4.78, 5) is 41.5. The lowest BCUT2D eigenvalue weighted by molar-refractivity contribution is -0.141. The summed E-state index contributed by atoms with van der Waals surface area (Å²) < 4.78 is 5.93. The van der Waals surface area contributed by atoms with E-state index in [0.717, 1.165) is 28.6 Å². The number of benzene rings is 2. The number of hydrogen-bond donors (Lipinski definition) is 1. The number of thioether (sulfide) groups is 1. The van der Waals surface area contributed by atoms with E-state index in [4.69, 9.17) is 4.74 Å². The minimum Gasteiger partial charge on any atom is -0.468 e. The van der Waals surface area contributed by atoms with Crippen LogP contribution in [-0.4, -0.2) is 34.3 Å². The fourth-order valence-corrected chi connectivity index (χ4v) is 3.58. The van der Waals surface area contributed by atoms with Crippen molar-refractivity contribution in [3.63, 3.8) is 0 Å². The lowest BCUT2D eigenvalue weighted by Crippen LogP contribution is -2.28. The van der Waals surface area contributed by atoms with Crippen molar-refractivity contribution in [2.75, 3.05) is 18.2 Å². The van der Waals surface area contributed by atoms with E-state index in [2.05, 4.69) is 10.3 Å². The second-order valence-corrected chi connectivity index (χ2v) is 7.48. The molecule has 1 N–H and O–H groups in total. The number of methoxy groups -OCH3 is 1. The van der Waals surface area contributed by atoms with Crippen molar-refractivity contribution in [3.8, 4) is 0 Å². The van der Waals surface area contributed by atoms with Crippen molar-refractivity contribution < 1.29 is 14.3 Å². The number of esters is 1. The molecule has 3 rings (SSSR count). The van der Waals surface area contributed by atoms with Crippen molar-refractivity contribution >= 4 is 40.2 Å². The van der Waals surface area contributed by atoms with Gasteiger partial charge in [-0.1, -0.05) is 36.0 Å². The van der Waals surface area contributed by atoms with Gasteiger partial charge in [-0.25, -0.2) is 4.98 Å². The van der Waals surface area contributed by atoms with E-state index in [1.807, 2.05) is 32.0 Å². The first kappa shape index (κ1) is 20.6. The first-order chi connectivity index (χ1) is 13.9. The maximum Gasteiger partial charge on any atom is 0.325 e. The van der Waals surface area contributed by atoms with Gasteiger partial charge in [0.25, 0.3) is 5.56 Å². The van der Waals surface area contributed by atoms with Gasteiger partial charge in [0.1, 0.15) is 6.54 Å². The number of hydrogen-bond acceptors (Lipinski definition) is 6. The van der Waals surface area contributed by atoms with Crippen LogP contribution in [0, 0.1) is 13.8 Å². The molecule has 0 unspecified atom stereocenters. The van der Waals surface area contributed by atoms with E-state index in [1.165, 1.54) is 11.7 Å². The Labute approximate surface area is 172 Å². The summed E-state index contributed by atoms with van der Waals surface area (Å²) in [6.07, 6.45) is 0. The molecule has 0 fully saturated rings. The third-order valence-corrected chi connectivity index (χ3v) is 5.32. The second kappa shape index (κ2) is 8.91. The van der Waals surface area contributed by atoms with Crippen LogP contribution in [0.15, 0.2) is 52.4 Å². The molecule has 0 aliphatic heterocycles. The third-order valence-electron chi connectivity index (χ3n) is 4.34. The topological polar surface area (TPSA) is 90.3 Å². The molecule has 1 heterocycles. The summed E-state index contributed by atoms with van der Waals surface area (Å²) in [5.74, 6) is -0.749. The summed E-state index contributed by atoms with van der Waals surface area (Å²) >= 11 is 1.10. The predicted molar refractivity (Wildman–Crippen MR) is 113 cm³/mol. The van der Waals surface area contributed by atoms with Crippen molar-refractivity contribution in [1.82, 2.24) is 9.55 Å². The molecule has 0 saturated heterocycles. The minimum atomic E-state index is -0.564. The monoisotopic (exact) mass is 411 g/mol. The number of aryl methyl sites for hydroxylation is 2. The van der Waals surface area contributed by atoms with Crippen LogP contribution in [0.2, 0.25) is 0 Å².